The summed E-state index contributed by atoms with van der Waals surface area (Å²) in [4.78, 5) is 25.2. The van der Waals surface area contributed by atoms with Gasteiger partial charge in [-0.1, -0.05) is 6.92 Å². The third kappa shape index (κ3) is 6.05. The van der Waals surface area contributed by atoms with Crippen LogP contribution in [0.2, 0.25) is 0 Å². The Morgan fingerprint density at radius 1 is 1.26 bits per heavy atom. The number of piperidine rings is 1. The minimum Gasteiger partial charge on any atom is -0.466 e. The van der Waals surface area contributed by atoms with Gasteiger partial charge in [-0.3, -0.25) is 9.59 Å². The van der Waals surface area contributed by atoms with Gasteiger partial charge in [0.2, 0.25) is 5.91 Å². The van der Waals surface area contributed by atoms with E-state index in [0.717, 1.165) is 25.9 Å². The molecule has 1 rings (SSSR count). The first-order valence-electron chi connectivity index (χ1n) is 7.30. The van der Waals surface area contributed by atoms with Crippen molar-refractivity contribution in [1.82, 2.24) is 10.2 Å². The molecule has 110 valence electrons. The van der Waals surface area contributed by atoms with Crippen LogP contribution in [0.5, 0.6) is 0 Å². The van der Waals surface area contributed by atoms with Gasteiger partial charge in [0.1, 0.15) is 0 Å². The van der Waals surface area contributed by atoms with E-state index in [0.29, 0.717) is 26.1 Å². The zero-order valence-electron chi connectivity index (χ0n) is 12.1. The van der Waals surface area contributed by atoms with Crippen molar-refractivity contribution >= 4 is 11.9 Å². The van der Waals surface area contributed by atoms with Crippen molar-refractivity contribution in [3.8, 4) is 0 Å². The third-order valence-electron chi connectivity index (χ3n) is 3.36. The van der Waals surface area contributed by atoms with Crippen molar-refractivity contribution in [2.45, 2.75) is 39.5 Å². The number of hydrogen-bond donors (Lipinski definition) is 1. The zero-order chi connectivity index (χ0) is 14.1. The van der Waals surface area contributed by atoms with Crippen LogP contribution in [0.1, 0.15) is 39.5 Å². The Kier molecular flexibility index (Phi) is 7.48. The van der Waals surface area contributed by atoms with Crippen molar-refractivity contribution in [3.05, 3.63) is 0 Å². The van der Waals surface area contributed by atoms with E-state index in [4.69, 9.17) is 4.74 Å². The minimum absolute atomic E-state index is 0.162. The Morgan fingerprint density at radius 3 is 2.58 bits per heavy atom. The number of ether oxygens (including phenoxy) is 1. The molecular weight excluding hydrogens is 244 g/mol. The highest BCUT2D eigenvalue weighted by Gasteiger charge is 2.16. The SMILES string of the molecule is CCOC(=O)C(C)CNCCC(=O)N1CCCCC1. The second-order valence-corrected chi connectivity index (χ2v) is 5.05. The summed E-state index contributed by atoms with van der Waals surface area (Å²) in [5.74, 6) is -0.126. The van der Waals surface area contributed by atoms with E-state index in [9.17, 15) is 9.59 Å². The maximum atomic E-state index is 11.9. The van der Waals surface area contributed by atoms with Crippen molar-refractivity contribution in [2.75, 3.05) is 32.8 Å². The normalized spacial score (nSPS) is 17.1. The largest absolute Gasteiger partial charge is 0.466 e. The van der Waals surface area contributed by atoms with E-state index in [1.165, 1.54) is 6.42 Å². The van der Waals surface area contributed by atoms with Crippen LogP contribution < -0.4 is 5.32 Å². The van der Waals surface area contributed by atoms with Crippen LogP contribution in [0.25, 0.3) is 0 Å². The number of hydrogen-bond acceptors (Lipinski definition) is 4. The van der Waals surface area contributed by atoms with Gasteiger partial charge in [-0.25, -0.2) is 0 Å². The smallest absolute Gasteiger partial charge is 0.309 e. The van der Waals surface area contributed by atoms with Crippen LogP contribution >= 0.6 is 0 Å². The second-order valence-electron chi connectivity index (χ2n) is 5.05. The molecule has 1 saturated heterocycles. The van der Waals surface area contributed by atoms with E-state index in [1.54, 1.807) is 6.92 Å². The molecule has 0 aromatic rings. The monoisotopic (exact) mass is 270 g/mol. The fourth-order valence-corrected chi connectivity index (χ4v) is 2.18. The van der Waals surface area contributed by atoms with Crippen LogP contribution in [0.3, 0.4) is 0 Å². The zero-order valence-corrected chi connectivity index (χ0v) is 12.1. The van der Waals surface area contributed by atoms with Crippen LogP contribution in [0, 0.1) is 5.92 Å². The lowest BCUT2D eigenvalue weighted by atomic mass is 10.1. The highest BCUT2D eigenvalue weighted by Crippen LogP contribution is 2.09. The van der Waals surface area contributed by atoms with Gasteiger partial charge in [-0.15, -0.1) is 0 Å². The Balaban J connectivity index is 2.09. The van der Waals surface area contributed by atoms with E-state index < -0.39 is 0 Å². The van der Waals surface area contributed by atoms with E-state index in [2.05, 4.69) is 5.32 Å². The number of rotatable bonds is 7. The lowest BCUT2D eigenvalue weighted by Gasteiger charge is -2.26. The number of likely N-dealkylation sites (tertiary alicyclic amines) is 1. The summed E-state index contributed by atoms with van der Waals surface area (Å²) in [6.07, 6.45) is 3.99. The van der Waals surface area contributed by atoms with E-state index >= 15 is 0 Å². The van der Waals surface area contributed by atoms with Crippen molar-refractivity contribution in [3.63, 3.8) is 0 Å². The predicted octanol–water partition coefficient (Wildman–Crippen LogP) is 1.18. The molecule has 1 fully saturated rings. The van der Waals surface area contributed by atoms with Gasteiger partial charge in [-0.2, -0.15) is 0 Å². The van der Waals surface area contributed by atoms with Gasteiger partial charge in [-0.05, 0) is 26.2 Å². The fraction of sp³-hybridized carbons (Fsp3) is 0.857. The average Bonchev–Trinajstić information content (AvgIpc) is 2.44. The first kappa shape index (κ1) is 16.0. The molecule has 0 saturated carbocycles. The third-order valence-corrected chi connectivity index (χ3v) is 3.36. The summed E-state index contributed by atoms with van der Waals surface area (Å²) in [5.41, 5.74) is 0. The molecule has 0 aliphatic carbocycles. The van der Waals surface area contributed by atoms with E-state index in [1.807, 2.05) is 11.8 Å². The predicted molar refractivity (Wildman–Crippen MR) is 73.7 cm³/mol. The van der Waals surface area contributed by atoms with Gasteiger partial charge in [0.15, 0.2) is 0 Å². The quantitative estimate of drug-likeness (QED) is 0.557. The van der Waals surface area contributed by atoms with Crippen molar-refractivity contribution < 1.29 is 14.3 Å². The summed E-state index contributed by atoms with van der Waals surface area (Å²) in [6.45, 7) is 7.03. The lowest BCUT2D eigenvalue weighted by Crippen LogP contribution is -2.37. The van der Waals surface area contributed by atoms with Crippen LogP contribution in [-0.2, 0) is 14.3 Å². The van der Waals surface area contributed by atoms with Crippen molar-refractivity contribution in [2.24, 2.45) is 5.92 Å². The van der Waals surface area contributed by atoms with Crippen molar-refractivity contribution in [1.29, 1.82) is 0 Å². The number of nitrogens with one attached hydrogen (secondary N) is 1. The summed E-state index contributed by atoms with van der Waals surface area (Å²) >= 11 is 0. The van der Waals surface area contributed by atoms with Crippen LogP contribution in [0.15, 0.2) is 0 Å². The number of amides is 1. The number of esters is 1. The molecule has 1 aliphatic rings. The summed E-state index contributed by atoms with van der Waals surface area (Å²) in [5, 5.41) is 3.15. The molecule has 1 unspecified atom stereocenters. The van der Waals surface area contributed by atoms with Gasteiger partial charge in [0.25, 0.3) is 0 Å². The Morgan fingerprint density at radius 2 is 1.95 bits per heavy atom. The summed E-state index contributed by atoms with van der Waals surface area (Å²) in [6, 6.07) is 0. The standard InChI is InChI=1S/C14H26N2O3/c1-3-19-14(18)12(2)11-15-8-7-13(17)16-9-5-4-6-10-16/h12,15H,3-11H2,1-2H3. The number of carbonyl (C=O) groups is 2. The topological polar surface area (TPSA) is 58.6 Å². The Labute approximate surface area is 115 Å². The molecule has 1 atom stereocenters. The average molecular weight is 270 g/mol. The maximum Gasteiger partial charge on any atom is 0.309 e. The highest BCUT2D eigenvalue weighted by molar-refractivity contribution is 5.76. The molecule has 0 aromatic heterocycles. The molecule has 0 radical (unpaired) electrons. The van der Waals surface area contributed by atoms with Crippen LogP contribution in [-0.4, -0.2) is 49.6 Å². The van der Waals surface area contributed by atoms with Gasteiger partial charge in [0, 0.05) is 32.6 Å². The molecule has 0 bridgehead atoms. The second kappa shape index (κ2) is 8.91. The van der Waals surface area contributed by atoms with Crippen LogP contribution in [0.4, 0.5) is 0 Å². The maximum absolute atomic E-state index is 11.9. The number of carbonyl (C=O) groups excluding carboxylic acids is 2. The number of nitrogens with zero attached hydrogens (tertiary/aromatic N) is 1. The molecule has 0 aromatic carbocycles. The molecule has 1 N–H and O–H groups in total. The molecule has 0 spiro atoms. The molecule has 19 heavy (non-hydrogen) atoms. The fourth-order valence-electron chi connectivity index (χ4n) is 2.18. The Hall–Kier alpha value is -1.10. The van der Waals surface area contributed by atoms with Gasteiger partial charge in [0.05, 0.1) is 12.5 Å². The summed E-state index contributed by atoms with van der Waals surface area (Å²) in [7, 11) is 0. The molecule has 1 amide bonds. The minimum atomic E-state index is -0.183. The highest BCUT2D eigenvalue weighted by atomic mass is 16.5. The molecule has 1 aliphatic heterocycles. The van der Waals surface area contributed by atoms with E-state index in [-0.39, 0.29) is 17.8 Å². The molecule has 1 heterocycles. The van der Waals surface area contributed by atoms with Gasteiger partial charge >= 0.3 is 5.97 Å². The van der Waals surface area contributed by atoms with Gasteiger partial charge < -0.3 is 15.0 Å². The molecular formula is C14H26N2O3. The lowest BCUT2D eigenvalue weighted by molar-refractivity contribution is -0.147. The first-order valence-corrected chi connectivity index (χ1v) is 7.30. The first-order chi connectivity index (χ1) is 9.15. The summed E-state index contributed by atoms with van der Waals surface area (Å²) < 4.78 is 4.92. The Bertz CT molecular complexity index is 288. The molecule has 5 heteroatoms. The molecule has 5 nitrogen and oxygen atoms in total.